The summed E-state index contributed by atoms with van der Waals surface area (Å²) in [5.74, 6) is -1.08. The summed E-state index contributed by atoms with van der Waals surface area (Å²) in [6, 6.07) is 7.85. The molecule has 1 unspecified atom stereocenters. The molecule has 4 nitrogen and oxygen atoms in total. The zero-order valence-corrected chi connectivity index (χ0v) is 15.0. The molecule has 2 aliphatic carbocycles. The highest BCUT2D eigenvalue weighted by Gasteiger charge is 2.43. The lowest BCUT2D eigenvalue weighted by Gasteiger charge is -2.25. The van der Waals surface area contributed by atoms with Gasteiger partial charge in [-0.25, -0.2) is 4.79 Å². The molecule has 134 valence electrons. The van der Waals surface area contributed by atoms with Crippen molar-refractivity contribution in [2.24, 2.45) is 5.92 Å². The van der Waals surface area contributed by atoms with E-state index in [0.29, 0.717) is 24.7 Å². The van der Waals surface area contributed by atoms with Crippen molar-refractivity contribution in [2.75, 3.05) is 13.2 Å². The van der Waals surface area contributed by atoms with Crippen LogP contribution in [0.4, 0.5) is 0 Å². The minimum atomic E-state index is -0.660. The molecule has 0 amide bonds. The molecule has 0 aromatic heterocycles. The normalized spacial score (nSPS) is 20.3. The van der Waals surface area contributed by atoms with Crippen molar-refractivity contribution in [1.82, 2.24) is 0 Å². The van der Waals surface area contributed by atoms with Gasteiger partial charge in [-0.3, -0.25) is 4.79 Å². The molecule has 0 heterocycles. The Bertz CT molecular complexity index is 683. The first-order chi connectivity index (χ1) is 12.2. The van der Waals surface area contributed by atoms with E-state index in [1.807, 2.05) is 24.3 Å². The predicted octanol–water partition coefficient (Wildman–Crippen LogP) is 4.24. The summed E-state index contributed by atoms with van der Waals surface area (Å²) in [4.78, 5) is 25.5. The summed E-state index contributed by atoms with van der Waals surface area (Å²) >= 11 is 0. The van der Waals surface area contributed by atoms with Crippen molar-refractivity contribution in [3.8, 4) is 0 Å². The van der Waals surface area contributed by atoms with Gasteiger partial charge in [0.2, 0.25) is 0 Å². The summed E-state index contributed by atoms with van der Waals surface area (Å²) in [5.41, 5.74) is 3.43. The maximum absolute atomic E-state index is 12.8. The number of fused-ring (bicyclic) bond motifs is 1. The molecule has 0 saturated heterocycles. The minimum absolute atomic E-state index is 0.298. The van der Waals surface area contributed by atoms with E-state index in [2.05, 4.69) is 0 Å². The Balaban J connectivity index is 2.13. The molecule has 25 heavy (non-hydrogen) atoms. The van der Waals surface area contributed by atoms with E-state index in [-0.39, 0.29) is 11.9 Å². The number of rotatable bonds is 5. The zero-order chi connectivity index (χ0) is 17.8. The van der Waals surface area contributed by atoms with Crippen LogP contribution in [0.2, 0.25) is 0 Å². The van der Waals surface area contributed by atoms with Crippen LogP contribution in [0.15, 0.2) is 29.8 Å². The second-order valence-electron chi connectivity index (χ2n) is 6.66. The molecule has 1 atom stereocenters. The summed E-state index contributed by atoms with van der Waals surface area (Å²) in [5, 5.41) is 0. The second-order valence-corrected chi connectivity index (χ2v) is 6.66. The third-order valence-corrected chi connectivity index (χ3v) is 5.17. The smallest absolute Gasteiger partial charge is 0.335 e. The van der Waals surface area contributed by atoms with Crippen LogP contribution in [0, 0.1) is 5.92 Å². The second kappa shape index (κ2) is 7.85. The van der Waals surface area contributed by atoms with E-state index >= 15 is 0 Å². The van der Waals surface area contributed by atoms with E-state index < -0.39 is 5.92 Å². The molecule has 1 fully saturated rings. The van der Waals surface area contributed by atoms with Crippen molar-refractivity contribution in [3.05, 3.63) is 41.0 Å². The number of hydrogen-bond acceptors (Lipinski definition) is 4. The highest BCUT2D eigenvalue weighted by Crippen LogP contribution is 2.49. The van der Waals surface area contributed by atoms with Crippen LogP contribution < -0.4 is 0 Å². The topological polar surface area (TPSA) is 52.6 Å². The van der Waals surface area contributed by atoms with E-state index in [1.165, 1.54) is 6.42 Å². The molecule has 3 rings (SSSR count). The standard InChI is InChI=1S/C21H26O4/c1-3-24-20(22)18-16-13-9-8-12-15(16)17(14-10-6-5-7-11-14)19(18)21(23)25-4-2/h8-9,12-14,18H,3-7,10-11H2,1-2H3. The highest BCUT2D eigenvalue weighted by atomic mass is 16.5. The van der Waals surface area contributed by atoms with Gasteiger partial charge in [-0.05, 0) is 49.3 Å². The van der Waals surface area contributed by atoms with E-state index in [9.17, 15) is 9.59 Å². The van der Waals surface area contributed by atoms with Crippen LogP contribution in [0.25, 0.3) is 5.57 Å². The Morgan fingerprint density at radius 2 is 1.68 bits per heavy atom. The maximum Gasteiger partial charge on any atom is 0.335 e. The molecule has 1 aromatic rings. The average Bonchev–Trinajstić information content (AvgIpc) is 2.98. The lowest BCUT2D eigenvalue weighted by Crippen LogP contribution is -2.22. The first-order valence-electron chi connectivity index (χ1n) is 9.36. The molecule has 0 aliphatic heterocycles. The van der Waals surface area contributed by atoms with Crippen LogP contribution in [0.5, 0.6) is 0 Å². The SMILES string of the molecule is CCOC(=O)C1=C(C2CCCCC2)c2ccccc2C1C(=O)OCC. The van der Waals surface area contributed by atoms with Gasteiger partial charge in [-0.2, -0.15) is 0 Å². The Morgan fingerprint density at radius 3 is 2.36 bits per heavy atom. The zero-order valence-electron chi connectivity index (χ0n) is 15.0. The molecular formula is C21H26O4. The van der Waals surface area contributed by atoms with Crippen LogP contribution in [0.1, 0.15) is 63.0 Å². The number of esters is 2. The number of ether oxygens (including phenoxy) is 2. The van der Waals surface area contributed by atoms with Crippen molar-refractivity contribution in [2.45, 2.75) is 51.9 Å². The van der Waals surface area contributed by atoms with Crippen molar-refractivity contribution in [1.29, 1.82) is 0 Å². The Hall–Kier alpha value is -2.10. The average molecular weight is 342 g/mol. The van der Waals surface area contributed by atoms with Gasteiger partial charge in [-0.1, -0.05) is 43.5 Å². The lowest BCUT2D eigenvalue weighted by atomic mass is 9.80. The molecule has 4 heteroatoms. The molecule has 1 aromatic carbocycles. The molecule has 0 N–H and O–H groups in total. The monoisotopic (exact) mass is 342 g/mol. The number of allylic oxidation sites excluding steroid dienone is 1. The number of benzene rings is 1. The van der Waals surface area contributed by atoms with Crippen molar-refractivity contribution < 1.29 is 19.1 Å². The first kappa shape index (κ1) is 17.7. The van der Waals surface area contributed by atoms with Gasteiger partial charge in [0.1, 0.15) is 5.92 Å². The Labute approximate surface area is 149 Å². The van der Waals surface area contributed by atoms with E-state index in [1.54, 1.807) is 13.8 Å². The quantitative estimate of drug-likeness (QED) is 0.751. The Kier molecular flexibility index (Phi) is 5.57. The molecule has 0 bridgehead atoms. The number of carbonyl (C=O) groups is 2. The van der Waals surface area contributed by atoms with E-state index in [4.69, 9.17) is 9.47 Å². The van der Waals surface area contributed by atoms with Gasteiger partial charge in [0, 0.05) is 0 Å². The van der Waals surface area contributed by atoms with Gasteiger partial charge >= 0.3 is 11.9 Å². The summed E-state index contributed by atoms with van der Waals surface area (Å²) < 4.78 is 10.6. The largest absolute Gasteiger partial charge is 0.465 e. The van der Waals surface area contributed by atoms with Crippen molar-refractivity contribution >= 4 is 17.5 Å². The molecule has 2 aliphatic rings. The maximum atomic E-state index is 12.8. The fourth-order valence-electron chi connectivity index (χ4n) is 4.19. The third-order valence-electron chi connectivity index (χ3n) is 5.17. The van der Waals surface area contributed by atoms with Gasteiger partial charge in [0.05, 0.1) is 18.8 Å². The van der Waals surface area contributed by atoms with Gasteiger partial charge < -0.3 is 9.47 Å². The van der Waals surface area contributed by atoms with Gasteiger partial charge in [0.15, 0.2) is 0 Å². The summed E-state index contributed by atoms with van der Waals surface area (Å²) in [6.07, 6.45) is 5.68. The molecule has 1 saturated carbocycles. The third kappa shape index (κ3) is 3.35. The predicted molar refractivity (Wildman–Crippen MR) is 95.9 cm³/mol. The van der Waals surface area contributed by atoms with Crippen LogP contribution in [-0.2, 0) is 19.1 Å². The molecular weight excluding hydrogens is 316 g/mol. The summed E-state index contributed by atoms with van der Waals surface area (Å²) in [7, 11) is 0. The number of carbonyl (C=O) groups excluding carboxylic acids is 2. The minimum Gasteiger partial charge on any atom is -0.465 e. The highest BCUT2D eigenvalue weighted by molar-refractivity contribution is 6.09. The Morgan fingerprint density at radius 1 is 1.00 bits per heavy atom. The van der Waals surface area contributed by atoms with Crippen LogP contribution in [-0.4, -0.2) is 25.2 Å². The molecule has 0 spiro atoms. The van der Waals surface area contributed by atoms with Crippen LogP contribution in [0.3, 0.4) is 0 Å². The fraction of sp³-hybridized carbons (Fsp3) is 0.524. The van der Waals surface area contributed by atoms with E-state index in [0.717, 1.165) is 42.4 Å². The van der Waals surface area contributed by atoms with Gasteiger partial charge in [-0.15, -0.1) is 0 Å². The lowest BCUT2D eigenvalue weighted by molar-refractivity contribution is -0.147. The van der Waals surface area contributed by atoms with Crippen LogP contribution >= 0.6 is 0 Å². The van der Waals surface area contributed by atoms with Crippen molar-refractivity contribution in [3.63, 3.8) is 0 Å². The molecule has 0 radical (unpaired) electrons. The fourth-order valence-corrected chi connectivity index (χ4v) is 4.19. The summed E-state index contributed by atoms with van der Waals surface area (Å²) in [6.45, 7) is 4.17. The number of hydrogen-bond donors (Lipinski definition) is 0. The van der Waals surface area contributed by atoms with Gasteiger partial charge in [0.25, 0.3) is 0 Å². The first-order valence-corrected chi connectivity index (χ1v) is 9.36.